The van der Waals surface area contributed by atoms with Crippen LogP contribution < -0.4 is 15.8 Å². The van der Waals surface area contributed by atoms with E-state index in [1.165, 1.54) is 6.42 Å². The second-order valence-corrected chi connectivity index (χ2v) is 12.4. The van der Waals surface area contributed by atoms with Crippen LogP contribution in [0, 0.1) is 28.9 Å². The average Bonchev–Trinajstić information content (AvgIpc) is 3.50. The van der Waals surface area contributed by atoms with E-state index >= 15 is 0 Å². The number of hydrogen-bond acceptors (Lipinski definition) is 10. The number of benzene rings is 1. The first-order chi connectivity index (χ1) is 19.7. The number of likely N-dealkylation sites (N-methyl/N-ethyl adjacent to an activating group) is 1. The molecule has 1 aliphatic heterocycles. The van der Waals surface area contributed by atoms with Crippen LogP contribution in [0.2, 0.25) is 0 Å². The Kier molecular flexibility index (Phi) is 7.13. The molecule has 4 heterocycles. The normalized spacial score (nSPS) is 18.6. The average molecular weight is 579 g/mol. The fraction of sp³-hybridized carbons (Fsp3) is 0.448. The van der Waals surface area contributed by atoms with Gasteiger partial charge in [-0.05, 0) is 65.5 Å². The summed E-state index contributed by atoms with van der Waals surface area (Å²) in [5.74, 6) is -1.07. The Morgan fingerprint density at radius 1 is 1.29 bits per heavy atom. The van der Waals surface area contributed by atoms with Crippen LogP contribution in [-0.2, 0) is 0 Å². The molecule has 41 heavy (non-hydrogen) atoms. The zero-order chi connectivity index (χ0) is 28.9. The van der Waals surface area contributed by atoms with Crippen molar-refractivity contribution in [3.05, 3.63) is 35.5 Å². The van der Waals surface area contributed by atoms with Gasteiger partial charge in [0, 0.05) is 41.7 Å². The minimum atomic E-state index is -1.04. The minimum absolute atomic E-state index is 0.0129. The van der Waals surface area contributed by atoms with Crippen LogP contribution >= 0.6 is 11.3 Å². The topological polar surface area (TPSA) is 116 Å². The smallest absolute Gasteiger partial charge is 0.318 e. The molecule has 3 N–H and O–H groups in total. The second-order valence-electron chi connectivity index (χ2n) is 11.4. The standard InChI is InChI=1S/C29H32F2N8OS/c1-38(2)29(6-4-7-29)15-35-27-19-12-34-21(10-22(19)36-28(37-27)40-14-16-5-8-39(3)13-16)17-9-20(30)24(31)25-23(17)18(11-32)26(33)41-25/h9-10,12,16H,4-8,13-15,33H2,1-3H3,(H,35,36,37)/t16-/m0/s1. The molecule has 0 bridgehead atoms. The number of nitrogens with two attached hydrogens (primary N) is 1. The highest BCUT2D eigenvalue weighted by atomic mass is 32.1. The molecule has 0 amide bonds. The number of hydrogen-bond donors (Lipinski definition) is 2. The highest BCUT2D eigenvalue weighted by molar-refractivity contribution is 7.23. The first-order valence-corrected chi connectivity index (χ1v) is 14.5. The number of ether oxygens (including phenoxy) is 1. The molecule has 0 radical (unpaired) electrons. The van der Waals surface area contributed by atoms with Crippen LogP contribution in [0.15, 0.2) is 18.3 Å². The van der Waals surface area contributed by atoms with Crippen LogP contribution in [0.1, 0.15) is 31.2 Å². The lowest BCUT2D eigenvalue weighted by Crippen LogP contribution is -2.54. The van der Waals surface area contributed by atoms with Gasteiger partial charge in [-0.15, -0.1) is 11.3 Å². The molecule has 12 heteroatoms. The van der Waals surface area contributed by atoms with Crippen LogP contribution in [0.3, 0.4) is 0 Å². The predicted molar refractivity (Wildman–Crippen MR) is 157 cm³/mol. The van der Waals surface area contributed by atoms with Crippen molar-refractivity contribution in [1.29, 1.82) is 5.26 Å². The maximum atomic E-state index is 14.7. The Morgan fingerprint density at radius 2 is 2.10 bits per heavy atom. The van der Waals surface area contributed by atoms with Crippen molar-refractivity contribution in [3.63, 3.8) is 0 Å². The van der Waals surface area contributed by atoms with Crippen molar-refractivity contribution < 1.29 is 13.5 Å². The highest BCUT2D eigenvalue weighted by Gasteiger charge is 2.39. The lowest BCUT2D eigenvalue weighted by atomic mass is 9.75. The van der Waals surface area contributed by atoms with Crippen molar-refractivity contribution >= 4 is 43.1 Å². The molecule has 1 aliphatic carbocycles. The van der Waals surface area contributed by atoms with E-state index in [2.05, 4.69) is 41.2 Å². The van der Waals surface area contributed by atoms with Gasteiger partial charge in [0.05, 0.1) is 33.5 Å². The summed E-state index contributed by atoms with van der Waals surface area (Å²) in [5, 5.41) is 14.3. The van der Waals surface area contributed by atoms with Crippen LogP contribution in [0.25, 0.3) is 32.2 Å². The van der Waals surface area contributed by atoms with Crippen LogP contribution in [0.4, 0.5) is 19.6 Å². The Balaban J connectivity index is 1.43. The number of likely N-dealkylation sites (tertiary alicyclic amines) is 1. The third-order valence-electron chi connectivity index (χ3n) is 8.59. The lowest BCUT2D eigenvalue weighted by molar-refractivity contribution is 0.0738. The van der Waals surface area contributed by atoms with Gasteiger partial charge in [0.25, 0.3) is 0 Å². The van der Waals surface area contributed by atoms with Crippen molar-refractivity contribution in [2.45, 2.75) is 31.2 Å². The van der Waals surface area contributed by atoms with E-state index in [1.54, 1.807) is 12.3 Å². The summed E-state index contributed by atoms with van der Waals surface area (Å²) >= 11 is 0.848. The van der Waals surface area contributed by atoms with E-state index < -0.39 is 11.6 Å². The number of thiophene rings is 1. The molecule has 1 saturated carbocycles. The summed E-state index contributed by atoms with van der Waals surface area (Å²) in [6, 6.07) is 5.04. The Hall–Kier alpha value is -3.66. The molecule has 1 atom stereocenters. The van der Waals surface area contributed by atoms with E-state index in [0.717, 1.165) is 49.8 Å². The van der Waals surface area contributed by atoms with Gasteiger partial charge < -0.3 is 25.6 Å². The summed E-state index contributed by atoms with van der Waals surface area (Å²) in [7, 11) is 6.28. The maximum absolute atomic E-state index is 14.7. The first-order valence-electron chi connectivity index (χ1n) is 13.7. The molecule has 1 aromatic carbocycles. The van der Waals surface area contributed by atoms with E-state index in [9.17, 15) is 14.0 Å². The SMILES string of the molecule is CN1CC[C@H](COc2nc(NCC3(N(C)C)CCC3)c3cnc(-c4cc(F)c(F)c5sc(N)c(C#N)c45)cc3n2)C1. The summed E-state index contributed by atoms with van der Waals surface area (Å²) in [6.45, 7) is 3.18. The van der Waals surface area contributed by atoms with Crippen molar-refractivity contribution in [3.8, 4) is 23.3 Å². The maximum Gasteiger partial charge on any atom is 0.318 e. The molecule has 1 saturated heterocycles. The zero-order valence-corrected chi connectivity index (χ0v) is 24.1. The summed E-state index contributed by atoms with van der Waals surface area (Å²) < 4.78 is 35.5. The summed E-state index contributed by atoms with van der Waals surface area (Å²) in [6.07, 6.45) is 6.04. The summed E-state index contributed by atoms with van der Waals surface area (Å²) in [5.41, 5.74) is 7.30. The molecular weight excluding hydrogens is 546 g/mol. The molecule has 6 rings (SSSR count). The number of rotatable bonds is 8. The molecule has 0 spiro atoms. The number of aromatic nitrogens is 3. The van der Waals surface area contributed by atoms with Crippen molar-refractivity contribution in [2.75, 3.05) is 58.4 Å². The molecule has 3 aromatic heterocycles. The number of nitriles is 1. The number of halogens is 2. The van der Waals surface area contributed by atoms with E-state index in [0.29, 0.717) is 41.5 Å². The zero-order valence-electron chi connectivity index (χ0n) is 23.3. The third kappa shape index (κ3) is 4.92. The highest BCUT2D eigenvalue weighted by Crippen LogP contribution is 2.42. The van der Waals surface area contributed by atoms with E-state index in [1.807, 2.05) is 6.07 Å². The lowest BCUT2D eigenvalue weighted by Gasteiger charge is -2.47. The van der Waals surface area contributed by atoms with Crippen LogP contribution in [0.5, 0.6) is 6.01 Å². The Bertz CT molecular complexity index is 1680. The number of nitrogen functional groups attached to an aromatic ring is 1. The van der Waals surface area contributed by atoms with Gasteiger partial charge >= 0.3 is 6.01 Å². The fourth-order valence-corrected chi connectivity index (χ4v) is 6.84. The minimum Gasteiger partial charge on any atom is -0.463 e. The monoisotopic (exact) mass is 578 g/mol. The molecule has 2 fully saturated rings. The van der Waals surface area contributed by atoms with E-state index in [4.69, 9.17) is 20.4 Å². The second kappa shape index (κ2) is 10.6. The molecule has 4 aromatic rings. The molecular formula is C29H32F2N8OS. The van der Waals surface area contributed by atoms with Crippen molar-refractivity contribution in [1.82, 2.24) is 24.8 Å². The largest absolute Gasteiger partial charge is 0.463 e. The fourth-order valence-electron chi connectivity index (χ4n) is 5.86. The van der Waals surface area contributed by atoms with Crippen molar-refractivity contribution in [2.24, 2.45) is 5.92 Å². The van der Waals surface area contributed by atoms with Gasteiger partial charge in [0.2, 0.25) is 0 Å². The van der Waals surface area contributed by atoms with E-state index in [-0.39, 0.29) is 37.8 Å². The molecule has 9 nitrogen and oxygen atoms in total. The van der Waals surface area contributed by atoms with Gasteiger partial charge in [0.1, 0.15) is 16.9 Å². The quantitative estimate of drug-likeness (QED) is 0.302. The number of anilines is 2. The number of nitrogens with one attached hydrogen (secondary N) is 1. The summed E-state index contributed by atoms with van der Waals surface area (Å²) in [4.78, 5) is 18.5. The van der Waals surface area contributed by atoms with Gasteiger partial charge in [0.15, 0.2) is 11.6 Å². The third-order valence-corrected chi connectivity index (χ3v) is 9.60. The molecule has 214 valence electrons. The molecule has 0 unspecified atom stereocenters. The Labute approximate surface area is 240 Å². The first kappa shape index (κ1) is 27.5. The molecule has 2 aliphatic rings. The predicted octanol–water partition coefficient (Wildman–Crippen LogP) is 4.87. The number of pyridine rings is 1. The van der Waals surface area contributed by atoms with Gasteiger partial charge in [-0.2, -0.15) is 15.2 Å². The Morgan fingerprint density at radius 3 is 2.76 bits per heavy atom. The van der Waals surface area contributed by atoms with Gasteiger partial charge in [-0.25, -0.2) is 8.78 Å². The van der Waals surface area contributed by atoms with Crippen LogP contribution in [-0.4, -0.2) is 77.7 Å². The van der Waals surface area contributed by atoms with Gasteiger partial charge in [-0.1, -0.05) is 0 Å². The van der Waals surface area contributed by atoms with Gasteiger partial charge in [-0.3, -0.25) is 4.98 Å². The number of nitrogens with zero attached hydrogens (tertiary/aromatic N) is 6. The number of fused-ring (bicyclic) bond motifs is 2.